The summed E-state index contributed by atoms with van der Waals surface area (Å²) >= 11 is 0. The van der Waals surface area contributed by atoms with Crippen molar-refractivity contribution in [3.63, 3.8) is 0 Å². The predicted molar refractivity (Wildman–Crippen MR) is 183 cm³/mol. The average Bonchev–Trinajstić information content (AvgIpc) is 3.97. The summed E-state index contributed by atoms with van der Waals surface area (Å²) < 4.78 is 0. The summed E-state index contributed by atoms with van der Waals surface area (Å²) in [6.45, 7) is 5.41. The molecule has 9 nitrogen and oxygen atoms in total. The maximum Gasteiger partial charge on any atom is 0.227 e. The number of carbonyl (C=O) groups excluding carboxylic acids is 4. The van der Waals surface area contributed by atoms with Crippen LogP contribution in [0, 0.1) is 0 Å². The van der Waals surface area contributed by atoms with Crippen LogP contribution in [0.4, 0.5) is 0 Å². The smallest absolute Gasteiger partial charge is 0.227 e. The van der Waals surface area contributed by atoms with E-state index in [9.17, 15) is 19.2 Å². The highest BCUT2D eigenvalue weighted by Gasteiger charge is 2.43. The molecule has 2 aromatic heterocycles. The fraction of sp³-hybridized carbons (Fsp3) is 0.179. The Morgan fingerprint density at radius 3 is 1.46 bits per heavy atom. The van der Waals surface area contributed by atoms with Crippen LogP contribution >= 0.6 is 0 Å². The maximum absolute atomic E-state index is 12.4. The van der Waals surface area contributed by atoms with Crippen molar-refractivity contribution in [3.05, 3.63) is 144 Å². The van der Waals surface area contributed by atoms with Gasteiger partial charge in [-0.25, -0.2) is 0 Å². The SMILES string of the molecule is O=C(CC(=O)c1ccccc1)c1ccccc1.O=C1C=C(N2CC2)C(=O)C(N2CC2)=C1N1CC1.c1cnc2c(c1)ccc1cccnc12. The van der Waals surface area contributed by atoms with E-state index in [2.05, 4.69) is 34.2 Å². The average molecular weight is 636 g/mol. The van der Waals surface area contributed by atoms with E-state index < -0.39 is 0 Å². The number of benzene rings is 3. The minimum atomic E-state index is -0.139. The van der Waals surface area contributed by atoms with Gasteiger partial charge in [-0.15, -0.1) is 0 Å². The van der Waals surface area contributed by atoms with Crippen molar-refractivity contribution in [2.24, 2.45) is 0 Å². The Labute approximate surface area is 277 Å². The van der Waals surface area contributed by atoms with Crippen LogP contribution in [-0.4, -0.2) is 87.1 Å². The van der Waals surface area contributed by atoms with Crippen molar-refractivity contribution in [2.45, 2.75) is 6.42 Å². The third kappa shape index (κ3) is 6.90. The van der Waals surface area contributed by atoms with Crippen LogP contribution in [0.3, 0.4) is 0 Å². The lowest BCUT2D eigenvalue weighted by molar-refractivity contribution is -0.117. The second-order valence-electron chi connectivity index (χ2n) is 11.9. The third-order valence-electron chi connectivity index (χ3n) is 8.35. The molecule has 5 heterocycles. The number of pyridine rings is 2. The van der Waals surface area contributed by atoms with Gasteiger partial charge in [0.25, 0.3) is 0 Å². The van der Waals surface area contributed by atoms with Crippen LogP contribution in [0.15, 0.2) is 133 Å². The first-order valence-electron chi connectivity index (χ1n) is 16.0. The zero-order valence-corrected chi connectivity index (χ0v) is 26.3. The minimum Gasteiger partial charge on any atom is -0.365 e. The van der Waals surface area contributed by atoms with Crippen LogP contribution in [0.1, 0.15) is 27.1 Å². The molecule has 0 amide bonds. The topological polar surface area (TPSA) is 103 Å². The lowest BCUT2D eigenvalue weighted by atomic mass is 10.0. The van der Waals surface area contributed by atoms with E-state index in [0.717, 1.165) is 61.1 Å². The number of fused-ring (bicyclic) bond motifs is 3. The molecule has 3 aromatic carbocycles. The summed E-state index contributed by atoms with van der Waals surface area (Å²) in [5, 5.41) is 2.28. The molecule has 48 heavy (non-hydrogen) atoms. The fourth-order valence-corrected chi connectivity index (χ4v) is 5.55. The molecule has 0 spiro atoms. The number of nitrogens with zero attached hydrogens (tertiary/aromatic N) is 5. The van der Waals surface area contributed by atoms with E-state index in [1.54, 1.807) is 60.9 Å². The Bertz CT molecular complexity index is 1990. The van der Waals surface area contributed by atoms with Gasteiger partial charge >= 0.3 is 0 Å². The van der Waals surface area contributed by atoms with E-state index in [1.165, 1.54) is 6.08 Å². The second-order valence-corrected chi connectivity index (χ2v) is 11.9. The second kappa shape index (κ2) is 13.4. The van der Waals surface area contributed by atoms with Gasteiger partial charge < -0.3 is 14.7 Å². The first-order chi connectivity index (χ1) is 23.5. The minimum absolute atomic E-state index is 0.00546. The molecule has 4 aliphatic rings. The number of allylic oxidation sites excluding steroid dienone is 1. The number of hydrogen-bond donors (Lipinski definition) is 0. The quantitative estimate of drug-likeness (QED) is 0.0794. The highest BCUT2D eigenvalue weighted by Crippen LogP contribution is 2.34. The molecule has 9 heteroatoms. The Hall–Kier alpha value is -5.96. The Kier molecular flexibility index (Phi) is 8.57. The van der Waals surface area contributed by atoms with E-state index in [0.29, 0.717) is 28.2 Å². The van der Waals surface area contributed by atoms with Gasteiger partial charge in [-0.2, -0.15) is 0 Å². The summed E-state index contributed by atoms with van der Waals surface area (Å²) in [4.78, 5) is 62.8. The van der Waals surface area contributed by atoms with Crippen LogP contribution < -0.4 is 0 Å². The van der Waals surface area contributed by atoms with Crippen molar-refractivity contribution in [1.82, 2.24) is 24.7 Å². The van der Waals surface area contributed by atoms with Gasteiger partial charge in [-0.3, -0.25) is 29.1 Å². The van der Waals surface area contributed by atoms with Crippen molar-refractivity contribution in [1.29, 1.82) is 0 Å². The van der Waals surface area contributed by atoms with E-state index >= 15 is 0 Å². The molecular formula is C39H33N5O4. The standard InChI is InChI=1S/C15H12O2.C12H13N3O2.C12H8N2/c16-14(12-7-3-1-4-8-12)11-15(17)13-9-5-2-6-10-13;16-9-7-8(13-1-2-13)12(17)11(15-5-6-15)10(9)14-3-4-14;1-3-9-5-6-10-4-2-8-14-12(10)11(9)13-7-1/h1-10H,11H2;7H,1-6H2;1-8H. The summed E-state index contributed by atoms with van der Waals surface area (Å²) in [5.74, 6) is -0.230. The largest absolute Gasteiger partial charge is 0.365 e. The number of hydrogen-bond acceptors (Lipinski definition) is 9. The lowest BCUT2D eigenvalue weighted by Gasteiger charge is -2.21. The molecule has 0 saturated carbocycles. The fourth-order valence-electron chi connectivity index (χ4n) is 5.55. The normalized spacial score (nSPS) is 16.1. The molecule has 3 aliphatic heterocycles. The first kappa shape index (κ1) is 30.7. The summed E-state index contributed by atoms with van der Waals surface area (Å²) in [6.07, 6.45) is 5.05. The van der Waals surface area contributed by atoms with Gasteiger partial charge in [0.1, 0.15) is 11.4 Å². The van der Waals surface area contributed by atoms with Gasteiger partial charge in [0.15, 0.2) is 11.6 Å². The summed E-state index contributed by atoms with van der Waals surface area (Å²) in [5.41, 5.74) is 5.00. The van der Waals surface area contributed by atoms with Crippen LogP contribution in [0.25, 0.3) is 21.8 Å². The number of carbonyl (C=O) groups is 4. The molecule has 238 valence electrons. The highest BCUT2D eigenvalue weighted by atomic mass is 16.2. The van der Waals surface area contributed by atoms with Crippen molar-refractivity contribution in [2.75, 3.05) is 39.3 Å². The first-order valence-corrected chi connectivity index (χ1v) is 16.0. The number of aromatic nitrogens is 2. The van der Waals surface area contributed by atoms with Gasteiger partial charge in [-0.05, 0) is 12.1 Å². The van der Waals surface area contributed by atoms with Crippen molar-refractivity contribution in [3.8, 4) is 0 Å². The zero-order chi connectivity index (χ0) is 33.0. The van der Waals surface area contributed by atoms with E-state index in [1.807, 2.05) is 39.0 Å². The number of Topliss-reactive ketones (excluding diaryl/α,β-unsaturated/α-hetero) is 3. The third-order valence-corrected chi connectivity index (χ3v) is 8.35. The molecule has 3 saturated heterocycles. The van der Waals surface area contributed by atoms with Crippen LogP contribution in [0.5, 0.6) is 0 Å². The zero-order valence-electron chi connectivity index (χ0n) is 26.3. The molecule has 0 atom stereocenters. The molecule has 0 bridgehead atoms. The van der Waals surface area contributed by atoms with Gasteiger partial charge in [0.05, 0.1) is 23.2 Å². The number of ketones is 4. The maximum atomic E-state index is 12.4. The van der Waals surface area contributed by atoms with Gasteiger partial charge in [0, 0.05) is 79.6 Å². The van der Waals surface area contributed by atoms with Crippen molar-refractivity contribution >= 4 is 44.9 Å². The molecule has 0 N–H and O–H groups in total. The summed E-state index contributed by atoms with van der Waals surface area (Å²) in [7, 11) is 0. The molecule has 9 rings (SSSR count). The summed E-state index contributed by atoms with van der Waals surface area (Å²) in [6, 6.07) is 29.9. The molecule has 0 unspecified atom stereocenters. The number of rotatable bonds is 7. The van der Waals surface area contributed by atoms with Crippen LogP contribution in [-0.2, 0) is 9.59 Å². The van der Waals surface area contributed by atoms with Gasteiger partial charge in [-0.1, -0.05) is 84.9 Å². The van der Waals surface area contributed by atoms with E-state index in [-0.39, 0.29) is 29.6 Å². The molecule has 1 aliphatic carbocycles. The molecule has 3 fully saturated rings. The van der Waals surface area contributed by atoms with E-state index in [4.69, 9.17) is 0 Å². The monoisotopic (exact) mass is 635 g/mol. The Morgan fingerprint density at radius 1 is 0.542 bits per heavy atom. The molecule has 5 aromatic rings. The van der Waals surface area contributed by atoms with Crippen LogP contribution in [0.2, 0.25) is 0 Å². The molecule has 0 radical (unpaired) electrons. The Balaban J connectivity index is 0.000000115. The lowest BCUT2D eigenvalue weighted by Crippen LogP contribution is -2.29. The van der Waals surface area contributed by atoms with Gasteiger partial charge in [0.2, 0.25) is 11.6 Å². The Morgan fingerprint density at radius 2 is 1.00 bits per heavy atom. The predicted octanol–water partition coefficient (Wildman–Crippen LogP) is 5.11. The van der Waals surface area contributed by atoms with Crippen molar-refractivity contribution < 1.29 is 19.2 Å². The highest BCUT2D eigenvalue weighted by molar-refractivity contribution is 6.22. The molecular weight excluding hydrogens is 602 g/mol.